The number of furan rings is 1. The zero-order valence-electron chi connectivity index (χ0n) is 8.84. The fourth-order valence-corrected chi connectivity index (χ4v) is 1.56. The Labute approximate surface area is 84.9 Å². The molecule has 1 aromatic rings. The summed E-state index contributed by atoms with van der Waals surface area (Å²) in [7, 11) is 1.97. The van der Waals surface area contributed by atoms with Crippen LogP contribution in [0.2, 0.25) is 0 Å². The molecule has 1 fully saturated rings. The Morgan fingerprint density at radius 3 is 2.79 bits per heavy atom. The molecule has 1 aliphatic carbocycles. The molecule has 1 aliphatic rings. The lowest BCUT2D eigenvalue weighted by Crippen LogP contribution is -2.30. The van der Waals surface area contributed by atoms with Gasteiger partial charge in [0.05, 0.1) is 6.04 Å². The molecule has 2 rings (SSSR count). The van der Waals surface area contributed by atoms with Crippen molar-refractivity contribution < 1.29 is 4.42 Å². The highest BCUT2D eigenvalue weighted by atomic mass is 16.3. The standard InChI is InChI=1S/C11H18N2O/c1-8-3-6-11(14-8)10(12-2)7-13-9-4-5-9/h3,6,9-10,12-13H,4-5,7H2,1-2H3. The second-order valence-electron chi connectivity index (χ2n) is 3.97. The molecular weight excluding hydrogens is 176 g/mol. The maximum Gasteiger partial charge on any atom is 0.122 e. The molecule has 1 saturated carbocycles. The molecule has 3 heteroatoms. The summed E-state index contributed by atoms with van der Waals surface area (Å²) in [6, 6.07) is 5.10. The van der Waals surface area contributed by atoms with Gasteiger partial charge in [-0.25, -0.2) is 0 Å². The molecule has 0 aliphatic heterocycles. The maximum atomic E-state index is 5.59. The molecule has 0 aromatic carbocycles. The molecular formula is C11H18N2O. The number of hydrogen-bond donors (Lipinski definition) is 2. The predicted molar refractivity (Wildman–Crippen MR) is 56.3 cm³/mol. The Morgan fingerprint density at radius 2 is 2.29 bits per heavy atom. The van der Waals surface area contributed by atoms with E-state index in [1.165, 1.54) is 12.8 Å². The fraction of sp³-hybridized carbons (Fsp3) is 0.636. The zero-order valence-corrected chi connectivity index (χ0v) is 8.84. The van der Waals surface area contributed by atoms with E-state index in [9.17, 15) is 0 Å². The lowest BCUT2D eigenvalue weighted by atomic mass is 10.2. The van der Waals surface area contributed by atoms with Crippen molar-refractivity contribution in [1.29, 1.82) is 0 Å². The van der Waals surface area contributed by atoms with Gasteiger partial charge in [-0.1, -0.05) is 0 Å². The second kappa shape index (κ2) is 4.15. The van der Waals surface area contributed by atoms with Crippen LogP contribution in [-0.2, 0) is 0 Å². The molecule has 0 saturated heterocycles. The van der Waals surface area contributed by atoms with Crippen LogP contribution in [-0.4, -0.2) is 19.6 Å². The van der Waals surface area contributed by atoms with Gasteiger partial charge in [0.2, 0.25) is 0 Å². The molecule has 78 valence electrons. The van der Waals surface area contributed by atoms with E-state index < -0.39 is 0 Å². The van der Waals surface area contributed by atoms with Crippen LogP contribution in [0.4, 0.5) is 0 Å². The quantitative estimate of drug-likeness (QED) is 0.747. The molecule has 1 unspecified atom stereocenters. The van der Waals surface area contributed by atoms with E-state index in [0.29, 0.717) is 6.04 Å². The van der Waals surface area contributed by atoms with Crippen LogP contribution in [0.15, 0.2) is 16.5 Å². The van der Waals surface area contributed by atoms with Gasteiger partial charge in [-0.3, -0.25) is 0 Å². The van der Waals surface area contributed by atoms with Crippen LogP contribution in [0.1, 0.15) is 30.4 Å². The molecule has 0 spiro atoms. The summed E-state index contributed by atoms with van der Waals surface area (Å²) in [5.74, 6) is 2.00. The van der Waals surface area contributed by atoms with Crippen LogP contribution >= 0.6 is 0 Å². The van der Waals surface area contributed by atoms with Gasteiger partial charge >= 0.3 is 0 Å². The first-order valence-corrected chi connectivity index (χ1v) is 5.26. The van der Waals surface area contributed by atoms with E-state index in [-0.39, 0.29) is 0 Å². The Hall–Kier alpha value is -0.800. The minimum absolute atomic E-state index is 0.296. The van der Waals surface area contributed by atoms with Gasteiger partial charge in [-0.15, -0.1) is 0 Å². The van der Waals surface area contributed by atoms with Crippen molar-refractivity contribution in [3.05, 3.63) is 23.7 Å². The number of rotatable bonds is 5. The van der Waals surface area contributed by atoms with Gasteiger partial charge in [-0.2, -0.15) is 0 Å². The van der Waals surface area contributed by atoms with Gasteiger partial charge in [0.15, 0.2) is 0 Å². The highest BCUT2D eigenvalue weighted by molar-refractivity contribution is 5.10. The van der Waals surface area contributed by atoms with Crippen LogP contribution < -0.4 is 10.6 Å². The van der Waals surface area contributed by atoms with E-state index >= 15 is 0 Å². The highest BCUT2D eigenvalue weighted by Gasteiger charge is 2.22. The average molecular weight is 194 g/mol. The Kier molecular flexibility index (Phi) is 2.89. The lowest BCUT2D eigenvalue weighted by molar-refractivity contribution is 0.401. The van der Waals surface area contributed by atoms with Crippen molar-refractivity contribution in [2.24, 2.45) is 0 Å². The van der Waals surface area contributed by atoms with E-state index in [1.807, 2.05) is 26.1 Å². The van der Waals surface area contributed by atoms with Crippen LogP contribution in [0.5, 0.6) is 0 Å². The minimum Gasteiger partial charge on any atom is -0.465 e. The van der Waals surface area contributed by atoms with Gasteiger partial charge in [0.25, 0.3) is 0 Å². The van der Waals surface area contributed by atoms with Crippen molar-refractivity contribution in [3.63, 3.8) is 0 Å². The van der Waals surface area contributed by atoms with Gasteiger partial charge in [0, 0.05) is 12.6 Å². The average Bonchev–Trinajstić information content (AvgIpc) is 2.90. The van der Waals surface area contributed by atoms with Gasteiger partial charge < -0.3 is 15.1 Å². The van der Waals surface area contributed by atoms with Crippen molar-refractivity contribution in [3.8, 4) is 0 Å². The third kappa shape index (κ3) is 2.36. The zero-order chi connectivity index (χ0) is 9.97. The molecule has 1 atom stereocenters. The van der Waals surface area contributed by atoms with Gasteiger partial charge in [0.1, 0.15) is 11.5 Å². The Bertz CT molecular complexity index is 291. The normalized spacial score (nSPS) is 18.4. The number of hydrogen-bond acceptors (Lipinski definition) is 3. The SMILES string of the molecule is CNC(CNC1CC1)c1ccc(C)o1. The minimum atomic E-state index is 0.296. The number of nitrogens with one attached hydrogen (secondary N) is 2. The first-order valence-electron chi connectivity index (χ1n) is 5.26. The third-order valence-corrected chi connectivity index (χ3v) is 2.64. The lowest BCUT2D eigenvalue weighted by Gasteiger charge is -2.14. The van der Waals surface area contributed by atoms with Crippen molar-refractivity contribution in [2.45, 2.75) is 31.8 Å². The topological polar surface area (TPSA) is 37.2 Å². The summed E-state index contributed by atoms with van der Waals surface area (Å²) >= 11 is 0. The maximum absolute atomic E-state index is 5.59. The molecule has 1 aromatic heterocycles. The molecule has 3 nitrogen and oxygen atoms in total. The van der Waals surface area contributed by atoms with Crippen molar-refractivity contribution in [2.75, 3.05) is 13.6 Å². The monoisotopic (exact) mass is 194 g/mol. The van der Waals surface area contributed by atoms with Crippen LogP contribution in [0, 0.1) is 6.92 Å². The smallest absolute Gasteiger partial charge is 0.122 e. The summed E-state index contributed by atoms with van der Waals surface area (Å²) in [6.45, 7) is 2.93. The van der Waals surface area contributed by atoms with E-state index in [2.05, 4.69) is 10.6 Å². The molecule has 1 heterocycles. The summed E-state index contributed by atoms with van der Waals surface area (Å²) in [5.41, 5.74) is 0. The van der Waals surface area contributed by atoms with E-state index in [4.69, 9.17) is 4.42 Å². The van der Waals surface area contributed by atoms with Crippen molar-refractivity contribution in [1.82, 2.24) is 10.6 Å². The fourth-order valence-electron chi connectivity index (χ4n) is 1.56. The van der Waals surface area contributed by atoms with Crippen LogP contribution in [0.25, 0.3) is 0 Å². The molecule has 0 radical (unpaired) electrons. The van der Waals surface area contributed by atoms with E-state index in [1.54, 1.807) is 0 Å². The summed E-state index contributed by atoms with van der Waals surface area (Å²) in [4.78, 5) is 0. The number of likely N-dealkylation sites (N-methyl/N-ethyl adjacent to an activating group) is 1. The highest BCUT2D eigenvalue weighted by Crippen LogP contribution is 2.21. The first-order chi connectivity index (χ1) is 6.79. The molecule has 0 amide bonds. The second-order valence-corrected chi connectivity index (χ2v) is 3.97. The molecule has 0 bridgehead atoms. The summed E-state index contributed by atoms with van der Waals surface area (Å²) < 4.78 is 5.59. The third-order valence-electron chi connectivity index (χ3n) is 2.64. The first kappa shape index (κ1) is 9.74. The molecule has 14 heavy (non-hydrogen) atoms. The van der Waals surface area contributed by atoms with Gasteiger partial charge in [-0.05, 0) is 38.9 Å². The van der Waals surface area contributed by atoms with Crippen LogP contribution in [0.3, 0.4) is 0 Å². The van der Waals surface area contributed by atoms with Crippen molar-refractivity contribution >= 4 is 0 Å². The molecule has 2 N–H and O–H groups in total. The number of aryl methyl sites for hydroxylation is 1. The predicted octanol–water partition coefficient (Wildman–Crippen LogP) is 1.60. The Morgan fingerprint density at radius 1 is 1.50 bits per heavy atom. The summed E-state index contributed by atoms with van der Waals surface area (Å²) in [6.07, 6.45) is 2.65. The summed E-state index contributed by atoms with van der Waals surface area (Å²) in [5, 5.41) is 6.75. The largest absolute Gasteiger partial charge is 0.465 e. The Balaban J connectivity index is 1.90. The van der Waals surface area contributed by atoms with E-state index in [0.717, 1.165) is 24.1 Å².